The molecule has 18 heavy (non-hydrogen) atoms. The molecule has 1 fully saturated rings. The minimum absolute atomic E-state index is 0.282. The number of rotatable bonds is 7. The zero-order chi connectivity index (χ0) is 13.4. The quantitative estimate of drug-likeness (QED) is 0.664. The van der Waals surface area contributed by atoms with Gasteiger partial charge in [-0.15, -0.1) is 0 Å². The van der Waals surface area contributed by atoms with Crippen LogP contribution in [0.3, 0.4) is 0 Å². The van der Waals surface area contributed by atoms with Crippen LogP contribution in [0, 0.1) is 0 Å². The maximum atomic E-state index is 11.0. The molecule has 1 saturated heterocycles. The van der Waals surface area contributed by atoms with Crippen molar-refractivity contribution in [2.45, 2.75) is 39.2 Å². The number of nitrogens with two attached hydrogens (primary N) is 1. The lowest BCUT2D eigenvalue weighted by atomic mass is 10.1. The number of amides is 2. The van der Waals surface area contributed by atoms with Gasteiger partial charge >= 0.3 is 6.03 Å². The van der Waals surface area contributed by atoms with Gasteiger partial charge in [0.05, 0.1) is 0 Å². The molecule has 5 nitrogen and oxygen atoms in total. The van der Waals surface area contributed by atoms with Gasteiger partial charge in [-0.2, -0.15) is 0 Å². The molecule has 0 aromatic heterocycles. The van der Waals surface area contributed by atoms with Crippen LogP contribution in [-0.2, 0) is 0 Å². The summed E-state index contributed by atoms with van der Waals surface area (Å²) in [5.74, 6) is 0. The lowest BCUT2D eigenvalue weighted by Crippen LogP contribution is -2.47. The average Bonchev–Trinajstić information content (AvgIpc) is 2.39. The SMILES string of the molecule is CCN(CC)CCCNC1CCN(C(N)=O)CC1. The van der Waals surface area contributed by atoms with E-state index in [1.807, 2.05) is 0 Å². The number of nitrogens with zero attached hydrogens (tertiary/aromatic N) is 2. The minimum Gasteiger partial charge on any atom is -0.351 e. The highest BCUT2D eigenvalue weighted by molar-refractivity contribution is 5.72. The maximum absolute atomic E-state index is 11.0. The van der Waals surface area contributed by atoms with Gasteiger partial charge in [-0.05, 0) is 45.4 Å². The molecule has 0 aromatic carbocycles. The van der Waals surface area contributed by atoms with Crippen LogP contribution in [0.4, 0.5) is 4.79 Å². The smallest absolute Gasteiger partial charge is 0.314 e. The fraction of sp³-hybridized carbons (Fsp3) is 0.923. The predicted octanol–water partition coefficient (Wildman–Crippen LogP) is 0.851. The van der Waals surface area contributed by atoms with Gasteiger partial charge in [-0.25, -0.2) is 4.79 Å². The van der Waals surface area contributed by atoms with E-state index in [4.69, 9.17) is 5.73 Å². The molecule has 0 aromatic rings. The number of likely N-dealkylation sites (tertiary alicyclic amines) is 1. The van der Waals surface area contributed by atoms with Crippen LogP contribution in [0.25, 0.3) is 0 Å². The van der Waals surface area contributed by atoms with E-state index in [1.54, 1.807) is 4.90 Å². The molecule has 0 spiro atoms. The van der Waals surface area contributed by atoms with Crippen LogP contribution in [0.15, 0.2) is 0 Å². The molecular formula is C13H28N4O. The molecule has 0 bridgehead atoms. The molecule has 0 unspecified atom stereocenters. The fourth-order valence-corrected chi connectivity index (χ4v) is 2.45. The van der Waals surface area contributed by atoms with E-state index in [2.05, 4.69) is 24.1 Å². The van der Waals surface area contributed by atoms with Gasteiger partial charge in [0, 0.05) is 19.1 Å². The molecule has 1 heterocycles. The molecule has 0 atom stereocenters. The lowest BCUT2D eigenvalue weighted by Gasteiger charge is -2.31. The molecular weight excluding hydrogens is 228 g/mol. The van der Waals surface area contributed by atoms with Crippen molar-refractivity contribution in [2.24, 2.45) is 5.73 Å². The fourth-order valence-electron chi connectivity index (χ4n) is 2.45. The van der Waals surface area contributed by atoms with E-state index in [-0.39, 0.29) is 6.03 Å². The molecule has 1 aliphatic heterocycles. The van der Waals surface area contributed by atoms with Crippen molar-refractivity contribution in [1.82, 2.24) is 15.1 Å². The van der Waals surface area contributed by atoms with E-state index in [0.29, 0.717) is 6.04 Å². The van der Waals surface area contributed by atoms with E-state index >= 15 is 0 Å². The summed E-state index contributed by atoms with van der Waals surface area (Å²) in [6, 6.07) is 0.271. The first kappa shape index (κ1) is 15.2. The van der Waals surface area contributed by atoms with Crippen LogP contribution in [-0.4, -0.2) is 61.1 Å². The number of urea groups is 1. The van der Waals surface area contributed by atoms with Crippen LogP contribution in [0.1, 0.15) is 33.1 Å². The summed E-state index contributed by atoms with van der Waals surface area (Å²) in [6.07, 6.45) is 3.24. The molecule has 2 amide bonds. The Kier molecular flexibility index (Phi) is 7.05. The summed E-state index contributed by atoms with van der Waals surface area (Å²) >= 11 is 0. The molecule has 1 aliphatic rings. The third-order valence-electron chi connectivity index (χ3n) is 3.79. The summed E-state index contributed by atoms with van der Waals surface area (Å²) in [7, 11) is 0. The van der Waals surface area contributed by atoms with Crippen molar-refractivity contribution in [2.75, 3.05) is 39.3 Å². The molecule has 0 radical (unpaired) electrons. The van der Waals surface area contributed by atoms with Gasteiger partial charge in [0.2, 0.25) is 0 Å². The van der Waals surface area contributed by atoms with Crippen molar-refractivity contribution in [3.05, 3.63) is 0 Å². The monoisotopic (exact) mass is 256 g/mol. The highest BCUT2D eigenvalue weighted by atomic mass is 16.2. The number of primary amides is 1. The second-order valence-corrected chi connectivity index (χ2v) is 4.93. The summed E-state index contributed by atoms with van der Waals surface area (Å²) < 4.78 is 0. The van der Waals surface area contributed by atoms with Gasteiger partial charge in [0.25, 0.3) is 0 Å². The van der Waals surface area contributed by atoms with Crippen molar-refractivity contribution in [3.63, 3.8) is 0 Å². The van der Waals surface area contributed by atoms with Crippen LogP contribution in [0.5, 0.6) is 0 Å². The first-order chi connectivity index (χ1) is 8.67. The Morgan fingerprint density at radius 3 is 2.44 bits per heavy atom. The van der Waals surface area contributed by atoms with Crippen LogP contribution < -0.4 is 11.1 Å². The van der Waals surface area contributed by atoms with E-state index in [0.717, 1.165) is 45.6 Å². The Labute approximate surface area is 111 Å². The number of carbonyl (C=O) groups excluding carboxylic acids is 1. The summed E-state index contributed by atoms with van der Waals surface area (Å²) in [6.45, 7) is 10.5. The van der Waals surface area contributed by atoms with Crippen molar-refractivity contribution >= 4 is 6.03 Å². The van der Waals surface area contributed by atoms with Gasteiger partial charge in [0.15, 0.2) is 0 Å². The molecule has 3 N–H and O–H groups in total. The lowest BCUT2D eigenvalue weighted by molar-refractivity contribution is 0.184. The van der Waals surface area contributed by atoms with Crippen molar-refractivity contribution in [1.29, 1.82) is 0 Å². The van der Waals surface area contributed by atoms with Crippen LogP contribution in [0.2, 0.25) is 0 Å². The highest BCUT2D eigenvalue weighted by Gasteiger charge is 2.20. The van der Waals surface area contributed by atoms with Gasteiger partial charge in [-0.1, -0.05) is 13.8 Å². The first-order valence-electron chi connectivity index (χ1n) is 7.17. The van der Waals surface area contributed by atoms with Gasteiger partial charge in [-0.3, -0.25) is 0 Å². The van der Waals surface area contributed by atoms with Crippen LogP contribution >= 0.6 is 0 Å². The Morgan fingerprint density at radius 1 is 1.33 bits per heavy atom. The van der Waals surface area contributed by atoms with Crippen molar-refractivity contribution in [3.8, 4) is 0 Å². The Morgan fingerprint density at radius 2 is 1.94 bits per heavy atom. The second-order valence-electron chi connectivity index (χ2n) is 4.93. The maximum Gasteiger partial charge on any atom is 0.314 e. The number of piperidine rings is 1. The number of hydrogen-bond donors (Lipinski definition) is 2. The number of hydrogen-bond acceptors (Lipinski definition) is 3. The number of nitrogens with one attached hydrogen (secondary N) is 1. The molecule has 106 valence electrons. The first-order valence-corrected chi connectivity index (χ1v) is 7.17. The Balaban J connectivity index is 2.06. The zero-order valence-corrected chi connectivity index (χ0v) is 11.8. The predicted molar refractivity (Wildman–Crippen MR) is 74.6 cm³/mol. The standard InChI is InChI=1S/C13H28N4O/c1-3-16(4-2)9-5-8-15-12-6-10-17(11-7-12)13(14)18/h12,15H,3-11H2,1-2H3,(H2,14,18). The Bertz CT molecular complexity index is 235. The average molecular weight is 256 g/mol. The van der Waals surface area contributed by atoms with Gasteiger partial charge < -0.3 is 20.9 Å². The summed E-state index contributed by atoms with van der Waals surface area (Å²) in [5.41, 5.74) is 5.26. The Hall–Kier alpha value is -0.810. The van der Waals surface area contributed by atoms with Crippen molar-refractivity contribution < 1.29 is 4.79 Å². The molecule has 0 aliphatic carbocycles. The highest BCUT2D eigenvalue weighted by Crippen LogP contribution is 2.09. The third-order valence-corrected chi connectivity index (χ3v) is 3.79. The van der Waals surface area contributed by atoms with Gasteiger partial charge in [0.1, 0.15) is 0 Å². The minimum atomic E-state index is -0.282. The van der Waals surface area contributed by atoms with E-state index in [1.165, 1.54) is 13.0 Å². The normalized spacial score (nSPS) is 17.4. The zero-order valence-electron chi connectivity index (χ0n) is 11.8. The van der Waals surface area contributed by atoms with E-state index in [9.17, 15) is 4.79 Å². The summed E-state index contributed by atoms with van der Waals surface area (Å²) in [4.78, 5) is 15.2. The number of carbonyl (C=O) groups is 1. The molecule has 5 heteroatoms. The largest absolute Gasteiger partial charge is 0.351 e. The molecule has 1 rings (SSSR count). The van der Waals surface area contributed by atoms with E-state index < -0.39 is 0 Å². The summed E-state index contributed by atoms with van der Waals surface area (Å²) in [5, 5.41) is 3.58. The topological polar surface area (TPSA) is 61.6 Å². The molecule has 0 saturated carbocycles. The third kappa shape index (κ3) is 5.23. The second kappa shape index (κ2) is 8.32.